The first-order valence-electron chi connectivity index (χ1n) is 13.6. The van der Waals surface area contributed by atoms with E-state index in [1.165, 1.54) is 103 Å². The number of fused-ring (bicyclic) bond motifs is 12. The van der Waals surface area contributed by atoms with E-state index in [4.69, 9.17) is 0 Å². The molecule has 0 aliphatic heterocycles. The molecule has 0 N–H and O–H groups in total. The van der Waals surface area contributed by atoms with Gasteiger partial charge in [-0.3, -0.25) is 0 Å². The van der Waals surface area contributed by atoms with Crippen LogP contribution in [-0.2, 0) is 64.2 Å². The molecule has 2 aromatic rings. The zero-order chi connectivity index (χ0) is 21.1. The van der Waals surface area contributed by atoms with Gasteiger partial charge < -0.3 is 0 Å². The first kappa shape index (κ1) is 19.4. The minimum Gasteiger partial charge on any atom is -0.0795 e. The van der Waals surface area contributed by atoms with Crippen molar-refractivity contribution in [3.05, 3.63) is 78.9 Å². The summed E-state index contributed by atoms with van der Waals surface area (Å²) in [7, 11) is 0. The Morgan fingerprint density at radius 3 is 1.09 bits per heavy atom. The lowest BCUT2D eigenvalue weighted by atomic mass is 9.81. The maximum atomic E-state index is 2.40. The van der Waals surface area contributed by atoms with Crippen LogP contribution >= 0.6 is 0 Å². The van der Waals surface area contributed by atoms with Crippen LogP contribution in [0, 0.1) is 0 Å². The average Bonchev–Trinajstić information content (AvgIpc) is 3.64. The molecule has 32 heavy (non-hydrogen) atoms. The highest BCUT2D eigenvalue weighted by Crippen LogP contribution is 2.42. The summed E-state index contributed by atoms with van der Waals surface area (Å²) in [6.07, 6.45) is 31.3. The Bertz CT molecular complexity index is 1160. The molecular formula is C32H36. The number of hydrogen-bond acceptors (Lipinski definition) is 0. The van der Waals surface area contributed by atoms with Gasteiger partial charge in [0.2, 0.25) is 0 Å². The van der Waals surface area contributed by atoms with Gasteiger partial charge in [0, 0.05) is 0 Å². The van der Waals surface area contributed by atoms with Gasteiger partial charge in [0.15, 0.2) is 0 Å². The molecule has 6 aliphatic rings. The quantitative estimate of drug-likeness (QED) is 0.421. The van der Waals surface area contributed by atoms with E-state index in [9.17, 15) is 0 Å². The maximum Gasteiger partial charge on any atom is -0.00852 e. The molecule has 0 amide bonds. The number of hydrogen-bond donors (Lipinski definition) is 0. The standard InChI is InChI=1S/2C16H18/c2*1-2-6-12-11(5-1)13-7-3-9-15(13)16-10-4-8-14(12)16/h3,9H,1-2,4-8,10H2;3,7H,1-2,4-6,8-10H2. The minimum absolute atomic E-state index is 1.21. The molecule has 0 unspecified atom stereocenters. The van der Waals surface area contributed by atoms with Crippen molar-refractivity contribution in [1.29, 1.82) is 0 Å². The summed E-state index contributed by atoms with van der Waals surface area (Å²) < 4.78 is 0. The zero-order valence-corrected chi connectivity index (χ0v) is 19.6. The fourth-order valence-corrected chi connectivity index (χ4v) is 8.04. The molecule has 0 nitrogen and oxygen atoms in total. The van der Waals surface area contributed by atoms with Crippen LogP contribution in [0.2, 0.25) is 0 Å². The van der Waals surface area contributed by atoms with Crippen LogP contribution < -0.4 is 0 Å². The van der Waals surface area contributed by atoms with Crippen molar-refractivity contribution in [2.45, 2.75) is 103 Å². The summed E-state index contributed by atoms with van der Waals surface area (Å²) >= 11 is 0. The summed E-state index contributed by atoms with van der Waals surface area (Å²) in [5.74, 6) is 0. The molecule has 0 heterocycles. The minimum atomic E-state index is 1.21. The zero-order valence-electron chi connectivity index (χ0n) is 19.6. The van der Waals surface area contributed by atoms with Crippen LogP contribution in [0.15, 0.2) is 12.2 Å². The monoisotopic (exact) mass is 420 g/mol. The van der Waals surface area contributed by atoms with Gasteiger partial charge in [0.1, 0.15) is 0 Å². The average molecular weight is 421 g/mol. The molecule has 164 valence electrons. The van der Waals surface area contributed by atoms with E-state index in [0.29, 0.717) is 0 Å². The summed E-state index contributed by atoms with van der Waals surface area (Å²) in [6.45, 7) is 0. The van der Waals surface area contributed by atoms with Crippen molar-refractivity contribution in [1.82, 2.24) is 0 Å². The van der Waals surface area contributed by atoms with Crippen molar-refractivity contribution in [3.63, 3.8) is 0 Å². The third kappa shape index (κ3) is 2.87. The van der Waals surface area contributed by atoms with Crippen molar-refractivity contribution < 1.29 is 0 Å². The second-order valence-corrected chi connectivity index (χ2v) is 10.9. The predicted molar refractivity (Wildman–Crippen MR) is 136 cm³/mol. The number of allylic oxidation sites excluding steroid dienone is 2. The smallest absolute Gasteiger partial charge is 0.00852 e. The first-order valence-corrected chi connectivity index (χ1v) is 13.6. The van der Waals surface area contributed by atoms with Crippen LogP contribution in [0.5, 0.6) is 0 Å². The van der Waals surface area contributed by atoms with Gasteiger partial charge >= 0.3 is 0 Å². The second kappa shape index (κ2) is 7.75. The van der Waals surface area contributed by atoms with Gasteiger partial charge in [-0.2, -0.15) is 0 Å². The fourth-order valence-electron chi connectivity index (χ4n) is 8.04. The highest BCUT2D eigenvalue weighted by molar-refractivity contribution is 5.71. The first-order chi connectivity index (χ1) is 15.9. The topological polar surface area (TPSA) is 0 Å². The molecule has 0 bridgehead atoms. The molecule has 2 aromatic carbocycles. The van der Waals surface area contributed by atoms with Crippen molar-refractivity contribution in [2.24, 2.45) is 0 Å². The van der Waals surface area contributed by atoms with E-state index in [1.54, 1.807) is 66.8 Å². The summed E-state index contributed by atoms with van der Waals surface area (Å²) in [6, 6.07) is 0. The van der Waals surface area contributed by atoms with Gasteiger partial charge in [0.25, 0.3) is 0 Å². The highest BCUT2D eigenvalue weighted by Gasteiger charge is 2.28. The Balaban J connectivity index is 0.000000113. The summed E-state index contributed by atoms with van der Waals surface area (Å²) in [5.41, 5.74) is 20.7. The van der Waals surface area contributed by atoms with Crippen LogP contribution in [0.3, 0.4) is 0 Å². The van der Waals surface area contributed by atoms with E-state index in [-0.39, 0.29) is 0 Å². The van der Waals surface area contributed by atoms with E-state index >= 15 is 0 Å². The SMILES string of the molecule is C1=Cc2c(c3c(c4c2CCC4)CCCC3)C1.C1=Cc2c(c3c(c4c2CCCC4)CCC3)C1. The number of rotatable bonds is 0. The van der Waals surface area contributed by atoms with Gasteiger partial charge in [-0.15, -0.1) is 0 Å². The normalized spacial score (nSPS) is 20.8. The molecule has 0 atom stereocenters. The molecule has 0 saturated carbocycles. The molecular weight excluding hydrogens is 384 g/mol. The molecule has 6 aliphatic carbocycles. The van der Waals surface area contributed by atoms with Gasteiger partial charge in [-0.05, 0) is 169 Å². The van der Waals surface area contributed by atoms with Crippen LogP contribution in [0.1, 0.15) is 105 Å². The van der Waals surface area contributed by atoms with Crippen molar-refractivity contribution >= 4 is 12.2 Å². The van der Waals surface area contributed by atoms with E-state index < -0.39 is 0 Å². The largest absolute Gasteiger partial charge is 0.0795 e. The molecule has 0 heteroatoms. The lowest BCUT2D eigenvalue weighted by Gasteiger charge is -2.24. The van der Waals surface area contributed by atoms with Crippen molar-refractivity contribution in [3.8, 4) is 0 Å². The Kier molecular flexibility index (Phi) is 4.70. The van der Waals surface area contributed by atoms with Gasteiger partial charge in [-0.25, -0.2) is 0 Å². The van der Waals surface area contributed by atoms with Crippen molar-refractivity contribution in [2.75, 3.05) is 0 Å². The third-order valence-electron chi connectivity index (χ3n) is 9.34. The van der Waals surface area contributed by atoms with Gasteiger partial charge in [0.05, 0.1) is 0 Å². The fraction of sp³-hybridized carbons (Fsp3) is 0.500. The molecule has 0 fully saturated rings. The molecule has 0 spiro atoms. The lowest BCUT2D eigenvalue weighted by molar-refractivity contribution is 0.674. The van der Waals surface area contributed by atoms with Crippen LogP contribution in [-0.4, -0.2) is 0 Å². The van der Waals surface area contributed by atoms with Crippen LogP contribution in [0.4, 0.5) is 0 Å². The molecule has 0 aromatic heterocycles. The summed E-state index contributed by atoms with van der Waals surface area (Å²) in [5, 5.41) is 0. The molecule has 8 rings (SSSR count). The number of benzene rings is 2. The Hall–Kier alpha value is -2.08. The van der Waals surface area contributed by atoms with E-state index in [0.717, 1.165) is 0 Å². The highest BCUT2D eigenvalue weighted by atomic mass is 14.3. The lowest BCUT2D eigenvalue weighted by Crippen LogP contribution is -2.11. The molecule has 0 saturated heterocycles. The maximum absolute atomic E-state index is 2.40. The molecule has 0 radical (unpaired) electrons. The Morgan fingerprint density at radius 1 is 0.312 bits per heavy atom. The van der Waals surface area contributed by atoms with E-state index in [2.05, 4.69) is 24.3 Å². The summed E-state index contributed by atoms with van der Waals surface area (Å²) in [4.78, 5) is 0. The van der Waals surface area contributed by atoms with E-state index in [1.807, 2.05) is 0 Å². The second-order valence-electron chi connectivity index (χ2n) is 10.9. The third-order valence-corrected chi connectivity index (χ3v) is 9.34. The van der Waals surface area contributed by atoms with Gasteiger partial charge in [-0.1, -0.05) is 24.3 Å². The van der Waals surface area contributed by atoms with Crippen LogP contribution in [0.25, 0.3) is 12.2 Å². The predicted octanol–water partition coefficient (Wildman–Crippen LogP) is 7.25. The Morgan fingerprint density at radius 2 is 0.625 bits per heavy atom. The Labute approximate surface area is 193 Å².